The standard InChI is InChI=1S/C15H17N3O/c1-10-2-4-12-8-11(3-5-13(12)18-10)9-17-15(6-7-15)14(16)19/h2-5,8,17H,6-7,9H2,1H3,(H2,16,19). The van der Waals surface area contributed by atoms with Crippen LogP contribution in [0.2, 0.25) is 0 Å². The van der Waals surface area contributed by atoms with Crippen molar-refractivity contribution in [3.63, 3.8) is 0 Å². The maximum atomic E-state index is 11.3. The molecule has 2 aromatic rings. The summed E-state index contributed by atoms with van der Waals surface area (Å²) in [6.07, 6.45) is 1.69. The third kappa shape index (κ3) is 2.31. The number of carbonyl (C=O) groups excluding carboxylic acids is 1. The zero-order chi connectivity index (χ0) is 13.5. The van der Waals surface area contributed by atoms with Crippen LogP contribution >= 0.6 is 0 Å². The molecule has 0 atom stereocenters. The highest BCUT2D eigenvalue weighted by molar-refractivity contribution is 5.87. The lowest BCUT2D eigenvalue weighted by Gasteiger charge is -2.13. The Bertz CT molecular complexity index is 647. The third-order valence-electron chi connectivity index (χ3n) is 3.75. The van der Waals surface area contributed by atoms with Gasteiger partial charge >= 0.3 is 0 Å². The van der Waals surface area contributed by atoms with E-state index in [2.05, 4.69) is 22.4 Å². The van der Waals surface area contributed by atoms with E-state index in [4.69, 9.17) is 5.73 Å². The van der Waals surface area contributed by atoms with Gasteiger partial charge in [-0.25, -0.2) is 0 Å². The number of nitrogens with one attached hydrogen (secondary N) is 1. The fourth-order valence-electron chi connectivity index (χ4n) is 2.29. The molecule has 1 saturated carbocycles. The molecule has 4 nitrogen and oxygen atoms in total. The predicted molar refractivity (Wildman–Crippen MR) is 74.5 cm³/mol. The molecule has 0 aliphatic heterocycles. The Kier molecular flexibility index (Phi) is 2.75. The number of fused-ring (bicyclic) bond motifs is 1. The van der Waals surface area contributed by atoms with E-state index in [1.807, 2.05) is 25.1 Å². The first-order valence-corrected chi connectivity index (χ1v) is 6.50. The van der Waals surface area contributed by atoms with Gasteiger partial charge in [-0.05, 0) is 43.5 Å². The van der Waals surface area contributed by atoms with Crippen LogP contribution in [-0.2, 0) is 11.3 Å². The van der Waals surface area contributed by atoms with Gasteiger partial charge in [0.25, 0.3) is 0 Å². The molecule has 1 aromatic heterocycles. The Hall–Kier alpha value is -1.94. The summed E-state index contributed by atoms with van der Waals surface area (Å²) in [6, 6.07) is 10.2. The fraction of sp³-hybridized carbons (Fsp3) is 0.333. The van der Waals surface area contributed by atoms with Crippen LogP contribution in [0.3, 0.4) is 0 Å². The lowest BCUT2D eigenvalue weighted by atomic mass is 10.1. The van der Waals surface area contributed by atoms with Crippen molar-refractivity contribution in [1.29, 1.82) is 0 Å². The van der Waals surface area contributed by atoms with Gasteiger partial charge in [0.1, 0.15) is 0 Å². The summed E-state index contributed by atoms with van der Waals surface area (Å²) in [6.45, 7) is 2.64. The number of amides is 1. The Morgan fingerprint density at radius 1 is 1.37 bits per heavy atom. The first-order chi connectivity index (χ1) is 9.09. The van der Waals surface area contributed by atoms with E-state index in [1.165, 1.54) is 0 Å². The van der Waals surface area contributed by atoms with Gasteiger partial charge in [-0.2, -0.15) is 0 Å². The third-order valence-corrected chi connectivity index (χ3v) is 3.75. The predicted octanol–water partition coefficient (Wildman–Crippen LogP) is 1.65. The Labute approximate surface area is 112 Å². The molecule has 3 N–H and O–H groups in total. The summed E-state index contributed by atoms with van der Waals surface area (Å²) < 4.78 is 0. The minimum Gasteiger partial charge on any atom is -0.368 e. The summed E-state index contributed by atoms with van der Waals surface area (Å²) >= 11 is 0. The van der Waals surface area contributed by atoms with Gasteiger partial charge in [-0.3, -0.25) is 15.1 Å². The summed E-state index contributed by atoms with van der Waals surface area (Å²) in [5.41, 5.74) is 8.10. The number of nitrogens with zero attached hydrogens (tertiary/aromatic N) is 1. The molecule has 1 aromatic carbocycles. The molecule has 4 heteroatoms. The van der Waals surface area contributed by atoms with Crippen molar-refractivity contribution < 1.29 is 4.79 Å². The molecule has 1 amide bonds. The summed E-state index contributed by atoms with van der Waals surface area (Å²) in [4.78, 5) is 15.8. The first-order valence-electron chi connectivity index (χ1n) is 6.50. The lowest BCUT2D eigenvalue weighted by Crippen LogP contribution is -2.43. The topological polar surface area (TPSA) is 68.0 Å². The Morgan fingerprint density at radius 3 is 2.84 bits per heavy atom. The van der Waals surface area contributed by atoms with Crippen molar-refractivity contribution in [3.8, 4) is 0 Å². The minimum atomic E-state index is -0.458. The molecule has 0 radical (unpaired) electrons. The number of carbonyl (C=O) groups is 1. The van der Waals surface area contributed by atoms with Crippen molar-refractivity contribution in [1.82, 2.24) is 10.3 Å². The van der Waals surface area contributed by atoms with Crippen LogP contribution < -0.4 is 11.1 Å². The molecule has 0 saturated heterocycles. The smallest absolute Gasteiger partial charge is 0.237 e. The number of hydrogen-bond donors (Lipinski definition) is 2. The number of benzene rings is 1. The van der Waals surface area contributed by atoms with E-state index in [1.54, 1.807) is 0 Å². The quantitative estimate of drug-likeness (QED) is 0.873. The molecule has 3 rings (SSSR count). The van der Waals surface area contributed by atoms with Gasteiger partial charge in [-0.15, -0.1) is 0 Å². The van der Waals surface area contributed by atoms with Crippen LogP contribution in [0.4, 0.5) is 0 Å². The molecular weight excluding hydrogens is 238 g/mol. The van der Waals surface area contributed by atoms with E-state index in [9.17, 15) is 4.79 Å². The van der Waals surface area contributed by atoms with Crippen LogP contribution in [0.15, 0.2) is 30.3 Å². The normalized spacial score (nSPS) is 16.5. The van der Waals surface area contributed by atoms with Gasteiger partial charge in [0, 0.05) is 17.6 Å². The van der Waals surface area contributed by atoms with Crippen molar-refractivity contribution in [3.05, 3.63) is 41.6 Å². The largest absolute Gasteiger partial charge is 0.368 e. The zero-order valence-electron chi connectivity index (χ0n) is 10.9. The molecule has 1 aliphatic rings. The number of pyridine rings is 1. The maximum Gasteiger partial charge on any atom is 0.237 e. The number of aromatic nitrogens is 1. The van der Waals surface area contributed by atoms with Gasteiger partial charge < -0.3 is 5.73 Å². The van der Waals surface area contributed by atoms with Crippen LogP contribution in [0.25, 0.3) is 10.9 Å². The van der Waals surface area contributed by atoms with Gasteiger partial charge in [-0.1, -0.05) is 12.1 Å². The van der Waals surface area contributed by atoms with Crippen LogP contribution in [0.1, 0.15) is 24.1 Å². The Morgan fingerprint density at radius 2 is 2.16 bits per heavy atom. The van der Waals surface area contributed by atoms with Crippen LogP contribution in [0, 0.1) is 6.92 Å². The molecule has 1 fully saturated rings. The fourth-order valence-corrected chi connectivity index (χ4v) is 2.29. The number of primary amides is 1. The van der Waals surface area contributed by atoms with E-state index in [0.717, 1.165) is 35.0 Å². The minimum absolute atomic E-state index is 0.245. The highest BCUT2D eigenvalue weighted by Crippen LogP contribution is 2.35. The SMILES string of the molecule is Cc1ccc2cc(CNC3(C(N)=O)CC3)ccc2n1. The van der Waals surface area contributed by atoms with Crippen LogP contribution in [0.5, 0.6) is 0 Å². The maximum absolute atomic E-state index is 11.3. The second-order valence-corrected chi connectivity index (χ2v) is 5.28. The second kappa shape index (κ2) is 4.31. The van der Waals surface area contributed by atoms with E-state index in [0.29, 0.717) is 6.54 Å². The second-order valence-electron chi connectivity index (χ2n) is 5.28. The number of nitrogens with two attached hydrogens (primary N) is 1. The number of rotatable bonds is 4. The average Bonchev–Trinajstić information content (AvgIpc) is 3.17. The Balaban J connectivity index is 1.79. The molecular formula is C15H17N3O. The van der Waals surface area contributed by atoms with Crippen molar-refractivity contribution in [2.75, 3.05) is 0 Å². The van der Waals surface area contributed by atoms with Crippen molar-refractivity contribution in [2.45, 2.75) is 31.8 Å². The van der Waals surface area contributed by atoms with Crippen LogP contribution in [-0.4, -0.2) is 16.4 Å². The highest BCUT2D eigenvalue weighted by atomic mass is 16.1. The van der Waals surface area contributed by atoms with Gasteiger partial charge in [0.05, 0.1) is 11.1 Å². The van der Waals surface area contributed by atoms with E-state index in [-0.39, 0.29) is 5.91 Å². The molecule has 98 valence electrons. The zero-order valence-corrected chi connectivity index (χ0v) is 10.9. The first kappa shape index (κ1) is 12.1. The van der Waals surface area contributed by atoms with Gasteiger partial charge in [0.15, 0.2) is 0 Å². The van der Waals surface area contributed by atoms with Crippen molar-refractivity contribution >= 4 is 16.8 Å². The molecule has 1 aliphatic carbocycles. The molecule has 19 heavy (non-hydrogen) atoms. The number of hydrogen-bond acceptors (Lipinski definition) is 3. The molecule has 0 unspecified atom stereocenters. The average molecular weight is 255 g/mol. The lowest BCUT2D eigenvalue weighted by molar-refractivity contribution is -0.121. The van der Waals surface area contributed by atoms with Gasteiger partial charge in [0.2, 0.25) is 5.91 Å². The summed E-state index contributed by atoms with van der Waals surface area (Å²) in [5.74, 6) is -0.245. The van der Waals surface area contributed by atoms with E-state index >= 15 is 0 Å². The molecule has 0 bridgehead atoms. The van der Waals surface area contributed by atoms with E-state index < -0.39 is 5.54 Å². The highest BCUT2D eigenvalue weighted by Gasteiger charge is 2.47. The number of aryl methyl sites for hydroxylation is 1. The summed E-state index contributed by atoms with van der Waals surface area (Å²) in [7, 11) is 0. The molecule has 1 heterocycles. The monoisotopic (exact) mass is 255 g/mol. The summed E-state index contributed by atoms with van der Waals surface area (Å²) in [5, 5.41) is 4.39. The molecule has 0 spiro atoms. The van der Waals surface area contributed by atoms with Crippen molar-refractivity contribution in [2.24, 2.45) is 5.73 Å².